The Balaban J connectivity index is 2.90. The fourth-order valence-electron chi connectivity index (χ4n) is 1.60. The van der Waals surface area contributed by atoms with Gasteiger partial charge in [-0.2, -0.15) is 0 Å². The van der Waals surface area contributed by atoms with E-state index in [0.29, 0.717) is 24.0 Å². The number of unbranched alkanes of at least 4 members (excludes halogenated alkanes) is 1. The molecule has 0 heterocycles. The predicted octanol–water partition coefficient (Wildman–Crippen LogP) is 3.96. The summed E-state index contributed by atoms with van der Waals surface area (Å²) in [5, 5.41) is 0.348. The van der Waals surface area contributed by atoms with E-state index in [0.717, 1.165) is 12.8 Å². The van der Waals surface area contributed by atoms with E-state index in [2.05, 4.69) is 0 Å². The third-order valence-corrected chi connectivity index (χ3v) is 2.99. The van der Waals surface area contributed by atoms with Crippen molar-refractivity contribution in [2.45, 2.75) is 19.8 Å². The maximum Gasteiger partial charge on any atom is 0.256 e. The molecule has 0 unspecified atom stereocenters. The molecule has 0 radical (unpaired) electrons. The minimum Gasteiger partial charge on any atom is -0.337 e. The van der Waals surface area contributed by atoms with Crippen molar-refractivity contribution in [1.29, 1.82) is 0 Å². The summed E-state index contributed by atoms with van der Waals surface area (Å²) in [4.78, 5) is 13.7. The average molecular weight is 292 g/mol. The first-order valence-electron chi connectivity index (χ1n) is 5.90. The third-order valence-electron chi connectivity index (χ3n) is 2.58. The zero-order valence-corrected chi connectivity index (χ0v) is 11.8. The molecule has 0 bridgehead atoms. The average Bonchev–Trinajstić information content (AvgIpc) is 2.36. The number of amides is 1. The standard InChI is InChI=1S/C13H16Cl2FNO/c1-2-3-7-17(8-6-14)13(18)11-9-10(15)4-5-12(11)16/h4-5,9H,2-3,6-8H2,1H3. The van der Waals surface area contributed by atoms with Crippen molar-refractivity contribution in [3.8, 4) is 0 Å². The fourth-order valence-corrected chi connectivity index (χ4v) is 1.97. The van der Waals surface area contributed by atoms with E-state index in [4.69, 9.17) is 23.2 Å². The van der Waals surface area contributed by atoms with Gasteiger partial charge in [0.2, 0.25) is 0 Å². The number of halogens is 3. The Morgan fingerprint density at radius 1 is 1.39 bits per heavy atom. The molecule has 1 aromatic carbocycles. The molecule has 0 aliphatic heterocycles. The highest BCUT2D eigenvalue weighted by Gasteiger charge is 2.18. The molecule has 0 N–H and O–H groups in total. The molecule has 0 spiro atoms. The highest BCUT2D eigenvalue weighted by atomic mass is 35.5. The lowest BCUT2D eigenvalue weighted by molar-refractivity contribution is 0.0758. The van der Waals surface area contributed by atoms with Crippen LogP contribution in [0.1, 0.15) is 30.1 Å². The highest BCUT2D eigenvalue weighted by Crippen LogP contribution is 2.17. The van der Waals surface area contributed by atoms with Crippen LogP contribution in [-0.2, 0) is 0 Å². The van der Waals surface area contributed by atoms with E-state index < -0.39 is 5.82 Å². The molecule has 0 aliphatic carbocycles. The Labute approximate surface area is 117 Å². The first kappa shape index (κ1) is 15.3. The van der Waals surface area contributed by atoms with Crippen LogP contribution in [0.5, 0.6) is 0 Å². The number of carbonyl (C=O) groups excluding carboxylic acids is 1. The van der Waals surface area contributed by atoms with E-state index in [1.54, 1.807) is 4.90 Å². The van der Waals surface area contributed by atoms with Crippen LogP contribution in [0.25, 0.3) is 0 Å². The lowest BCUT2D eigenvalue weighted by Crippen LogP contribution is -2.34. The van der Waals surface area contributed by atoms with E-state index in [-0.39, 0.29) is 11.5 Å². The number of rotatable bonds is 6. The molecule has 0 fully saturated rings. The number of carbonyl (C=O) groups is 1. The van der Waals surface area contributed by atoms with Crippen molar-refractivity contribution in [2.75, 3.05) is 19.0 Å². The summed E-state index contributed by atoms with van der Waals surface area (Å²) < 4.78 is 13.6. The molecule has 18 heavy (non-hydrogen) atoms. The Kier molecular flexibility index (Phi) is 6.44. The summed E-state index contributed by atoms with van der Waals surface area (Å²) in [5.74, 6) is -0.581. The van der Waals surface area contributed by atoms with Crippen molar-refractivity contribution in [3.05, 3.63) is 34.6 Å². The largest absolute Gasteiger partial charge is 0.337 e. The molecular weight excluding hydrogens is 276 g/mol. The molecule has 0 saturated carbocycles. The monoisotopic (exact) mass is 291 g/mol. The lowest BCUT2D eigenvalue weighted by atomic mass is 10.1. The summed E-state index contributed by atoms with van der Waals surface area (Å²) in [6.45, 7) is 3.02. The minimum absolute atomic E-state index is 0.00344. The second kappa shape index (κ2) is 7.59. The van der Waals surface area contributed by atoms with Crippen LogP contribution >= 0.6 is 23.2 Å². The van der Waals surface area contributed by atoms with Gasteiger partial charge in [0.1, 0.15) is 5.82 Å². The maximum atomic E-state index is 13.6. The molecule has 2 nitrogen and oxygen atoms in total. The zero-order valence-electron chi connectivity index (χ0n) is 10.3. The summed E-state index contributed by atoms with van der Waals surface area (Å²) in [6.07, 6.45) is 1.83. The van der Waals surface area contributed by atoms with Crippen LogP contribution in [0.2, 0.25) is 5.02 Å². The van der Waals surface area contributed by atoms with E-state index in [1.165, 1.54) is 18.2 Å². The van der Waals surface area contributed by atoms with Gasteiger partial charge >= 0.3 is 0 Å². The quantitative estimate of drug-likeness (QED) is 0.727. The van der Waals surface area contributed by atoms with Gasteiger partial charge in [0.05, 0.1) is 5.56 Å². The lowest BCUT2D eigenvalue weighted by Gasteiger charge is -2.21. The van der Waals surface area contributed by atoms with Gasteiger partial charge in [-0.1, -0.05) is 24.9 Å². The Morgan fingerprint density at radius 3 is 2.72 bits per heavy atom. The number of alkyl halides is 1. The van der Waals surface area contributed by atoms with Crippen LogP contribution in [0.15, 0.2) is 18.2 Å². The first-order chi connectivity index (χ1) is 8.60. The van der Waals surface area contributed by atoms with Crippen LogP contribution in [-0.4, -0.2) is 29.8 Å². The van der Waals surface area contributed by atoms with Gasteiger partial charge in [0.15, 0.2) is 0 Å². The van der Waals surface area contributed by atoms with E-state index >= 15 is 0 Å². The second-order valence-electron chi connectivity index (χ2n) is 3.96. The smallest absolute Gasteiger partial charge is 0.256 e. The normalized spacial score (nSPS) is 10.4. The van der Waals surface area contributed by atoms with Gasteiger partial charge in [0.25, 0.3) is 5.91 Å². The van der Waals surface area contributed by atoms with Crippen molar-refractivity contribution >= 4 is 29.1 Å². The van der Waals surface area contributed by atoms with Gasteiger partial charge in [0, 0.05) is 24.0 Å². The van der Waals surface area contributed by atoms with Crippen molar-refractivity contribution in [3.63, 3.8) is 0 Å². The van der Waals surface area contributed by atoms with Crippen LogP contribution in [0.4, 0.5) is 4.39 Å². The van der Waals surface area contributed by atoms with Gasteiger partial charge in [-0.25, -0.2) is 4.39 Å². The van der Waals surface area contributed by atoms with E-state index in [1.807, 2.05) is 6.92 Å². The van der Waals surface area contributed by atoms with Crippen LogP contribution < -0.4 is 0 Å². The number of hydrogen-bond donors (Lipinski definition) is 0. The molecular formula is C13H16Cl2FNO. The topological polar surface area (TPSA) is 20.3 Å². The summed E-state index contributed by atoms with van der Waals surface area (Å²) in [7, 11) is 0. The van der Waals surface area contributed by atoms with Crippen molar-refractivity contribution in [1.82, 2.24) is 4.90 Å². The zero-order chi connectivity index (χ0) is 13.5. The summed E-state index contributed by atoms with van der Waals surface area (Å²) in [6, 6.07) is 3.98. The molecule has 5 heteroatoms. The molecule has 0 saturated heterocycles. The molecule has 0 aromatic heterocycles. The van der Waals surface area contributed by atoms with Crippen LogP contribution in [0, 0.1) is 5.82 Å². The van der Waals surface area contributed by atoms with Gasteiger partial charge in [-0.3, -0.25) is 4.79 Å². The highest BCUT2D eigenvalue weighted by molar-refractivity contribution is 6.31. The van der Waals surface area contributed by atoms with Gasteiger partial charge in [-0.15, -0.1) is 11.6 Å². The van der Waals surface area contributed by atoms with Crippen LogP contribution in [0.3, 0.4) is 0 Å². The Bertz CT molecular complexity index is 412. The maximum absolute atomic E-state index is 13.6. The number of benzene rings is 1. The molecule has 1 rings (SSSR count). The first-order valence-corrected chi connectivity index (χ1v) is 6.81. The van der Waals surface area contributed by atoms with Crippen molar-refractivity contribution < 1.29 is 9.18 Å². The fraction of sp³-hybridized carbons (Fsp3) is 0.462. The second-order valence-corrected chi connectivity index (χ2v) is 4.77. The molecule has 1 aromatic rings. The number of nitrogens with zero attached hydrogens (tertiary/aromatic N) is 1. The minimum atomic E-state index is -0.555. The molecule has 1 amide bonds. The Hall–Kier alpha value is -0.800. The molecule has 0 aliphatic rings. The Morgan fingerprint density at radius 2 is 2.11 bits per heavy atom. The SMILES string of the molecule is CCCCN(CCCl)C(=O)c1cc(Cl)ccc1F. The molecule has 100 valence electrons. The molecule has 0 atom stereocenters. The third kappa shape index (κ3) is 4.14. The predicted molar refractivity (Wildman–Crippen MR) is 72.9 cm³/mol. The van der Waals surface area contributed by atoms with Gasteiger partial charge in [-0.05, 0) is 24.6 Å². The van der Waals surface area contributed by atoms with E-state index in [9.17, 15) is 9.18 Å². The summed E-state index contributed by atoms with van der Waals surface area (Å²) in [5.41, 5.74) is 0.00344. The number of hydrogen-bond acceptors (Lipinski definition) is 1. The summed E-state index contributed by atoms with van der Waals surface area (Å²) >= 11 is 11.4. The van der Waals surface area contributed by atoms with Crippen molar-refractivity contribution in [2.24, 2.45) is 0 Å². The van der Waals surface area contributed by atoms with Gasteiger partial charge < -0.3 is 4.90 Å².